The molecule has 0 aliphatic carbocycles. The van der Waals surface area contributed by atoms with E-state index < -0.39 is 0 Å². The molecule has 1 aliphatic rings. The molecule has 4 rings (SSSR count). The number of anilines is 2. The molecule has 0 spiro atoms. The molecule has 0 atom stereocenters. The number of aryl methyl sites for hydroxylation is 1. The Hall–Kier alpha value is -3.35. The Morgan fingerprint density at radius 1 is 1.03 bits per heavy atom. The third kappa shape index (κ3) is 3.94. The predicted molar refractivity (Wildman–Crippen MR) is 113 cm³/mol. The molecule has 0 fully saturated rings. The van der Waals surface area contributed by atoms with E-state index in [1.807, 2.05) is 31.3 Å². The number of benzene rings is 1. The fourth-order valence-corrected chi connectivity index (χ4v) is 3.61. The zero-order valence-electron chi connectivity index (χ0n) is 17.0. The quantitative estimate of drug-likeness (QED) is 0.691. The SMILES string of the molecule is COc1cccc(OC)c1CNc1ncnc2c1CN(c1ccc(C)cn1)CC2. The summed E-state index contributed by atoms with van der Waals surface area (Å²) in [7, 11) is 3.33. The maximum absolute atomic E-state index is 5.50. The summed E-state index contributed by atoms with van der Waals surface area (Å²) in [6.45, 7) is 4.20. The van der Waals surface area contributed by atoms with Gasteiger partial charge in [0.05, 0.1) is 25.5 Å². The number of ether oxygens (including phenoxy) is 2. The minimum absolute atomic E-state index is 0.541. The van der Waals surface area contributed by atoms with Crippen molar-refractivity contribution < 1.29 is 9.47 Å². The second-order valence-corrected chi connectivity index (χ2v) is 7.01. The van der Waals surface area contributed by atoms with E-state index in [-0.39, 0.29) is 0 Å². The summed E-state index contributed by atoms with van der Waals surface area (Å²) in [5.74, 6) is 3.37. The highest BCUT2D eigenvalue weighted by atomic mass is 16.5. The van der Waals surface area contributed by atoms with Gasteiger partial charge < -0.3 is 19.7 Å². The number of hydrogen-bond donors (Lipinski definition) is 1. The first kappa shape index (κ1) is 19.0. The molecule has 7 heteroatoms. The molecule has 29 heavy (non-hydrogen) atoms. The van der Waals surface area contributed by atoms with Gasteiger partial charge in [-0.2, -0.15) is 0 Å². The number of fused-ring (bicyclic) bond motifs is 1. The maximum atomic E-state index is 5.50. The fraction of sp³-hybridized carbons (Fsp3) is 0.318. The van der Waals surface area contributed by atoms with Gasteiger partial charge in [0.15, 0.2) is 0 Å². The number of hydrogen-bond acceptors (Lipinski definition) is 7. The molecule has 150 valence electrons. The fourth-order valence-electron chi connectivity index (χ4n) is 3.61. The third-order valence-corrected chi connectivity index (χ3v) is 5.18. The van der Waals surface area contributed by atoms with Gasteiger partial charge in [-0.1, -0.05) is 12.1 Å². The molecular weight excluding hydrogens is 366 g/mol. The molecule has 2 aromatic heterocycles. The molecule has 0 amide bonds. The minimum atomic E-state index is 0.541. The highest BCUT2D eigenvalue weighted by Gasteiger charge is 2.22. The Kier molecular flexibility index (Phi) is 5.46. The van der Waals surface area contributed by atoms with Gasteiger partial charge in [0.25, 0.3) is 0 Å². The first-order chi connectivity index (χ1) is 14.2. The van der Waals surface area contributed by atoms with Crippen molar-refractivity contribution in [3.63, 3.8) is 0 Å². The first-order valence-corrected chi connectivity index (χ1v) is 9.63. The van der Waals surface area contributed by atoms with Gasteiger partial charge in [0.2, 0.25) is 0 Å². The van der Waals surface area contributed by atoms with E-state index in [1.54, 1.807) is 20.5 Å². The molecule has 7 nitrogen and oxygen atoms in total. The van der Waals surface area contributed by atoms with E-state index in [4.69, 9.17) is 9.47 Å². The van der Waals surface area contributed by atoms with Crippen molar-refractivity contribution in [1.82, 2.24) is 15.0 Å². The van der Waals surface area contributed by atoms with Crippen molar-refractivity contribution in [1.29, 1.82) is 0 Å². The van der Waals surface area contributed by atoms with Crippen LogP contribution in [0.4, 0.5) is 11.6 Å². The van der Waals surface area contributed by atoms with E-state index >= 15 is 0 Å². The van der Waals surface area contributed by atoms with Gasteiger partial charge >= 0.3 is 0 Å². The summed E-state index contributed by atoms with van der Waals surface area (Å²) in [6, 6.07) is 9.93. The van der Waals surface area contributed by atoms with Crippen LogP contribution in [0.15, 0.2) is 42.9 Å². The van der Waals surface area contributed by atoms with Crippen LogP contribution in [0.2, 0.25) is 0 Å². The van der Waals surface area contributed by atoms with Crippen LogP contribution in [0.3, 0.4) is 0 Å². The summed E-state index contributed by atoms with van der Waals surface area (Å²) in [5, 5.41) is 3.46. The van der Waals surface area contributed by atoms with E-state index in [0.29, 0.717) is 6.54 Å². The molecule has 1 N–H and O–H groups in total. The number of rotatable bonds is 6. The average molecular weight is 391 g/mol. The Balaban J connectivity index is 1.58. The van der Waals surface area contributed by atoms with Crippen LogP contribution in [0.1, 0.15) is 22.4 Å². The summed E-state index contributed by atoms with van der Waals surface area (Å²) < 4.78 is 11.0. The monoisotopic (exact) mass is 391 g/mol. The van der Waals surface area contributed by atoms with Gasteiger partial charge in [-0.3, -0.25) is 0 Å². The zero-order valence-corrected chi connectivity index (χ0v) is 17.0. The lowest BCUT2D eigenvalue weighted by Crippen LogP contribution is -2.32. The highest BCUT2D eigenvalue weighted by Crippen LogP contribution is 2.30. The van der Waals surface area contributed by atoms with Crippen molar-refractivity contribution in [3.8, 4) is 11.5 Å². The minimum Gasteiger partial charge on any atom is -0.496 e. The molecule has 3 heterocycles. The van der Waals surface area contributed by atoms with E-state index in [9.17, 15) is 0 Å². The lowest BCUT2D eigenvalue weighted by molar-refractivity contribution is 0.386. The summed E-state index contributed by atoms with van der Waals surface area (Å²) in [4.78, 5) is 15.8. The van der Waals surface area contributed by atoms with E-state index in [0.717, 1.165) is 65.0 Å². The first-order valence-electron chi connectivity index (χ1n) is 9.63. The number of nitrogens with one attached hydrogen (secondary N) is 1. The second kappa shape index (κ2) is 8.34. The lowest BCUT2D eigenvalue weighted by Gasteiger charge is -2.30. The third-order valence-electron chi connectivity index (χ3n) is 5.18. The van der Waals surface area contributed by atoms with Crippen molar-refractivity contribution in [3.05, 3.63) is 65.2 Å². The average Bonchev–Trinajstić information content (AvgIpc) is 2.77. The van der Waals surface area contributed by atoms with Crippen LogP contribution in [0.25, 0.3) is 0 Å². The van der Waals surface area contributed by atoms with Gasteiger partial charge in [0.1, 0.15) is 29.5 Å². The molecule has 1 aliphatic heterocycles. The molecule has 0 saturated heterocycles. The summed E-state index contributed by atoms with van der Waals surface area (Å²) in [5.41, 5.74) is 4.30. The van der Waals surface area contributed by atoms with Crippen LogP contribution in [0, 0.1) is 6.92 Å². The summed E-state index contributed by atoms with van der Waals surface area (Å²) >= 11 is 0. The Labute approximate surface area is 170 Å². The van der Waals surface area contributed by atoms with Crippen molar-refractivity contribution in [2.75, 3.05) is 31.0 Å². The van der Waals surface area contributed by atoms with Crippen LogP contribution in [-0.4, -0.2) is 35.7 Å². The van der Waals surface area contributed by atoms with Gasteiger partial charge in [-0.05, 0) is 30.7 Å². The number of nitrogens with zero attached hydrogens (tertiary/aromatic N) is 4. The number of pyridine rings is 1. The predicted octanol–water partition coefficient (Wildman–Crippen LogP) is 3.37. The molecule has 3 aromatic rings. The highest BCUT2D eigenvalue weighted by molar-refractivity contribution is 5.54. The topological polar surface area (TPSA) is 72.4 Å². The molecule has 0 unspecified atom stereocenters. The normalized spacial score (nSPS) is 13.0. The zero-order chi connectivity index (χ0) is 20.2. The van der Waals surface area contributed by atoms with Crippen molar-refractivity contribution in [2.24, 2.45) is 0 Å². The van der Waals surface area contributed by atoms with Gasteiger partial charge in [-0.25, -0.2) is 15.0 Å². The maximum Gasteiger partial charge on any atom is 0.134 e. The summed E-state index contributed by atoms with van der Waals surface area (Å²) in [6.07, 6.45) is 4.39. The Bertz CT molecular complexity index is 969. The lowest BCUT2D eigenvalue weighted by atomic mass is 10.1. The van der Waals surface area contributed by atoms with Crippen LogP contribution in [0.5, 0.6) is 11.5 Å². The number of methoxy groups -OCH3 is 2. The molecular formula is C22H25N5O2. The second-order valence-electron chi connectivity index (χ2n) is 7.01. The van der Waals surface area contributed by atoms with Crippen LogP contribution < -0.4 is 19.7 Å². The number of aromatic nitrogens is 3. The Morgan fingerprint density at radius 3 is 2.52 bits per heavy atom. The standard InChI is InChI=1S/C22H25N5O2/c1-15-7-8-21(23-11-15)27-10-9-18-17(13-27)22(26-14-25-18)24-12-16-19(28-2)5-4-6-20(16)29-3/h4-8,11,14H,9-10,12-13H2,1-3H3,(H,24,25,26). The van der Waals surface area contributed by atoms with Gasteiger partial charge in [0, 0.05) is 37.8 Å². The molecule has 0 radical (unpaired) electrons. The molecule has 0 saturated carbocycles. The van der Waals surface area contributed by atoms with Gasteiger partial charge in [-0.15, -0.1) is 0 Å². The Morgan fingerprint density at radius 2 is 1.83 bits per heavy atom. The molecule has 0 bridgehead atoms. The largest absolute Gasteiger partial charge is 0.496 e. The van der Waals surface area contributed by atoms with Crippen molar-refractivity contribution >= 4 is 11.6 Å². The van der Waals surface area contributed by atoms with E-state index in [2.05, 4.69) is 37.3 Å². The van der Waals surface area contributed by atoms with E-state index in [1.165, 1.54) is 0 Å². The van der Waals surface area contributed by atoms with Crippen molar-refractivity contribution in [2.45, 2.75) is 26.4 Å². The smallest absolute Gasteiger partial charge is 0.134 e. The molecule has 1 aromatic carbocycles. The van der Waals surface area contributed by atoms with Crippen LogP contribution >= 0.6 is 0 Å². The van der Waals surface area contributed by atoms with Crippen LogP contribution in [-0.2, 0) is 19.5 Å².